The summed E-state index contributed by atoms with van der Waals surface area (Å²) in [5.41, 5.74) is 3.10. The molecule has 5 heteroatoms. The van der Waals surface area contributed by atoms with E-state index in [4.69, 9.17) is 4.74 Å². The van der Waals surface area contributed by atoms with Gasteiger partial charge in [-0.15, -0.1) is 0 Å². The number of nitrogens with one attached hydrogen (secondary N) is 1. The fourth-order valence-electron chi connectivity index (χ4n) is 3.63. The molecule has 3 rings (SSSR count). The van der Waals surface area contributed by atoms with Gasteiger partial charge in [-0.2, -0.15) is 0 Å². The zero-order valence-electron chi connectivity index (χ0n) is 16.1. The topological polar surface area (TPSA) is 75.6 Å². The monoisotopic (exact) mass is 381 g/mol. The molecule has 1 fully saturated rings. The average Bonchev–Trinajstić information content (AvgIpc) is 2.72. The number of ether oxygens (including phenoxy) is 1. The number of carboxylic acid groups (broad SMARTS) is 1. The van der Waals surface area contributed by atoms with Crippen LogP contribution in [-0.4, -0.2) is 30.1 Å². The lowest BCUT2D eigenvalue weighted by atomic mass is 9.88. The number of hydrogen-bond acceptors (Lipinski definition) is 3. The van der Waals surface area contributed by atoms with Crippen LogP contribution in [-0.2, 0) is 20.7 Å². The summed E-state index contributed by atoms with van der Waals surface area (Å²) in [7, 11) is 0. The predicted octanol–water partition coefficient (Wildman–Crippen LogP) is 3.52. The summed E-state index contributed by atoms with van der Waals surface area (Å²) in [6.07, 6.45) is 1.67. The van der Waals surface area contributed by atoms with Gasteiger partial charge in [-0.3, -0.25) is 9.59 Å². The van der Waals surface area contributed by atoms with Crippen LogP contribution in [0.4, 0.5) is 0 Å². The first-order valence-corrected chi connectivity index (χ1v) is 9.77. The highest BCUT2D eigenvalue weighted by Gasteiger charge is 2.33. The van der Waals surface area contributed by atoms with Gasteiger partial charge in [0.15, 0.2) is 0 Å². The van der Waals surface area contributed by atoms with Crippen LogP contribution in [0.1, 0.15) is 35.6 Å². The summed E-state index contributed by atoms with van der Waals surface area (Å²) < 4.78 is 5.91. The molecule has 148 valence electrons. The second-order valence-electron chi connectivity index (χ2n) is 7.42. The van der Waals surface area contributed by atoms with E-state index in [0.717, 1.165) is 29.5 Å². The maximum atomic E-state index is 12.8. The first-order chi connectivity index (χ1) is 13.5. The van der Waals surface area contributed by atoms with Crippen LogP contribution in [0.15, 0.2) is 54.6 Å². The van der Waals surface area contributed by atoms with Crippen LogP contribution in [0.5, 0.6) is 0 Å². The lowest BCUT2D eigenvalue weighted by Gasteiger charge is -2.31. The fourth-order valence-corrected chi connectivity index (χ4v) is 3.63. The van der Waals surface area contributed by atoms with Crippen LogP contribution in [0.3, 0.4) is 0 Å². The van der Waals surface area contributed by atoms with Gasteiger partial charge >= 0.3 is 5.97 Å². The third-order valence-electron chi connectivity index (χ3n) is 5.26. The van der Waals surface area contributed by atoms with Crippen molar-refractivity contribution in [2.24, 2.45) is 11.8 Å². The first-order valence-electron chi connectivity index (χ1n) is 9.77. The highest BCUT2D eigenvalue weighted by atomic mass is 16.5. The number of carbonyl (C=O) groups excluding carboxylic acids is 1. The Bertz CT molecular complexity index is 788. The molecule has 0 saturated carbocycles. The molecular weight excluding hydrogens is 354 g/mol. The van der Waals surface area contributed by atoms with Crippen molar-refractivity contribution in [1.82, 2.24) is 5.32 Å². The van der Waals surface area contributed by atoms with Gasteiger partial charge in [-0.1, -0.05) is 60.2 Å². The third kappa shape index (κ3) is 5.20. The lowest BCUT2D eigenvalue weighted by Crippen LogP contribution is -2.41. The molecule has 0 bridgehead atoms. The van der Waals surface area contributed by atoms with Crippen LogP contribution in [0.25, 0.3) is 0 Å². The van der Waals surface area contributed by atoms with Crippen molar-refractivity contribution in [3.8, 4) is 0 Å². The number of carboxylic acids is 1. The third-order valence-corrected chi connectivity index (χ3v) is 5.26. The summed E-state index contributed by atoms with van der Waals surface area (Å²) in [4.78, 5) is 24.5. The van der Waals surface area contributed by atoms with E-state index in [1.54, 1.807) is 0 Å². The molecule has 28 heavy (non-hydrogen) atoms. The van der Waals surface area contributed by atoms with Crippen molar-refractivity contribution in [2.75, 3.05) is 13.2 Å². The lowest BCUT2D eigenvalue weighted by molar-refractivity contribution is -0.142. The number of rotatable bonds is 7. The molecule has 0 aliphatic carbocycles. The first kappa shape index (κ1) is 20.1. The standard InChI is InChI=1S/C23H27NO4/c1-16-9-11-18(12-10-16)21-20(8-5-13-28-21)22(25)24-15-19(23(26)27)14-17-6-3-2-4-7-17/h2-4,6-7,9-12,19-21H,5,8,13-15H2,1H3,(H,24,25)(H,26,27). The molecule has 3 atom stereocenters. The second-order valence-corrected chi connectivity index (χ2v) is 7.42. The average molecular weight is 381 g/mol. The van der Waals surface area contributed by atoms with Gasteiger partial charge in [0, 0.05) is 13.2 Å². The van der Waals surface area contributed by atoms with E-state index in [0.29, 0.717) is 13.0 Å². The van der Waals surface area contributed by atoms with Crippen LogP contribution < -0.4 is 5.32 Å². The number of carbonyl (C=O) groups is 2. The number of benzene rings is 2. The smallest absolute Gasteiger partial charge is 0.308 e. The maximum absolute atomic E-state index is 12.8. The van der Waals surface area contributed by atoms with E-state index in [9.17, 15) is 14.7 Å². The minimum Gasteiger partial charge on any atom is -0.481 e. The van der Waals surface area contributed by atoms with Crippen molar-refractivity contribution in [2.45, 2.75) is 32.3 Å². The van der Waals surface area contributed by atoms with Crippen molar-refractivity contribution in [3.05, 3.63) is 71.3 Å². The van der Waals surface area contributed by atoms with Gasteiger partial charge in [0.05, 0.1) is 17.9 Å². The summed E-state index contributed by atoms with van der Waals surface area (Å²) in [5, 5.41) is 12.4. The fraction of sp³-hybridized carbons (Fsp3) is 0.391. The molecule has 2 aromatic rings. The molecule has 0 radical (unpaired) electrons. The van der Waals surface area contributed by atoms with Gasteiger partial charge in [-0.25, -0.2) is 0 Å². The van der Waals surface area contributed by atoms with E-state index in [2.05, 4.69) is 5.32 Å². The van der Waals surface area contributed by atoms with E-state index in [-0.39, 0.29) is 24.5 Å². The maximum Gasteiger partial charge on any atom is 0.308 e. The molecule has 1 aliphatic heterocycles. The zero-order valence-corrected chi connectivity index (χ0v) is 16.1. The van der Waals surface area contributed by atoms with E-state index in [1.165, 1.54) is 0 Å². The predicted molar refractivity (Wildman–Crippen MR) is 107 cm³/mol. The molecule has 5 nitrogen and oxygen atoms in total. The summed E-state index contributed by atoms with van der Waals surface area (Å²) in [6.45, 7) is 2.77. The Hall–Kier alpha value is -2.66. The van der Waals surface area contributed by atoms with Crippen molar-refractivity contribution < 1.29 is 19.4 Å². The van der Waals surface area contributed by atoms with Crippen molar-refractivity contribution in [3.63, 3.8) is 0 Å². The van der Waals surface area contributed by atoms with Crippen LogP contribution in [0, 0.1) is 18.8 Å². The molecule has 1 heterocycles. The Morgan fingerprint density at radius 3 is 2.54 bits per heavy atom. The number of amides is 1. The molecule has 2 aromatic carbocycles. The van der Waals surface area contributed by atoms with Crippen LogP contribution in [0.2, 0.25) is 0 Å². The number of hydrogen-bond donors (Lipinski definition) is 2. The zero-order chi connectivity index (χ0) is 19.9. The number of aliphatic carboxylic acids is 1. The molecule has 3 unspecified atom stereocenters. The largest absolute Gasteiger partial charge is 0.481 e. The molecular formula is C23H27NO4. The second kappa shape index (κ2) is 9.51. The molecule has 0 aromatic heterocycles. The van der Waals surface area contributed by atoms with Gasteiger partial charge in [0.2, 0.25) is 5.91 Å². The number of aryl methyl sites for hydroxylation is 1. The summed E-state index contributed by atoms with van der Waals surface area (Å²) in [6, 6.07) is 17.5. The van der Waals surface area contributed by atoms with Gasteiger partial charge in [-0.05, 0) is 37.3 Å². The van der Waals surface area contributed by atoms with E-state index < -0.39 is 11.9 Å². The van der Waals surface area contributed by atoms with Crippen LogP contribution >= 0.6 is 0 Å². The van der Waals surface area contributed by atoms with E-state index in [1.807, 2.05) is 61.5 Å². The molecule has 1 aliphatic rings. The Kier molecular flexibility index (Phi) is 6.82. The van der Waals surface area contributed by atoms with Gasteiger partial charge in [0.25, 0.3) is 0 Å². The minimum absolute atomic E-state index is 0.111. The summed E-state index contributed by atoms with van der Waals surface area (Å²) in [5.74, 6) is -2.00. The Morgan fingerprint density at radius 2 is 1.86 bits per heavy atom. The van der Waals surface area contributed by atoms with Gasteiger partial charge < -0.3 is 15.2 Å². The highest BCUT2D eigenvalue weighted by Crippen LogP contribution is 2.34. The quantitative estimate of drug-likeness (QED) is 0.769. The normalized spacial score (nSPS) is 20.3. The molecule has 1 amide bonds. The van der Waals surface area contributed by atoms with Crippen molar-refractivity contribution >= 4 is 11.9 Å². The Labute approximate surface area is 165 Å². The van der Waals surface area contributed by atoms with Crippen molar-refractivity contribution in [1.29, 1.82) is 0 Å². The molecule has 0 spiro atoms. The Balaban J connectivity index is 1.64. The Morgan fingerprint density at radius 1 is 1.14 bits per heavy atom. The molecule has 2 N–H and O–H groups in total. The summed E-state index contributed by atoms with van der Waals surface area (Å²) >= 11 is 0. The minimum atomic E-state index is -0.904. The molecule has 1 saturated heterocycles. The SMILES string of the molecule is Cc1ccc(C2OCCCC2C(=O)NCC(Cc2ccccc2)C(=O)O)cc1. The van der Waals surface area contributed by atoms with Gasteiger partial charge in [0.1, 0.15) is 0 Å². The van der Waals surface area contributed by atoms with E-state index >= 15 is 0 Å². The highest BCUT2D eigenvalue weighted by molar-refractivity contribution is 5.80.